The van der Waals surface area contributed by atoms with Crippen LogP contribution in [0.1, 0.15) is 37.3 Å². The Morgan fingerprint density at radius 1 is 0.933 bits per heavy atom. The van der Waals surface area contributed by atoms with E-state index in [0.29, 0.717) is 18.6 Å². The molecule has 0 saturated carbocycles. The van der Waals surface area contributed by atoms with Crippen molar-refractivity contribution in [2.75, 3.05) is 50.8 Å². The number of rotatable bonds is 12. The summed E-state index contributed by atoms with van der Waals surface area (Å²) in [6, 6.07) is 19.2. The number of benzene rings is 2. The molecule has 2 aromatic carbocycles. The van der Waals surface area contributed by atoms with E-state index in [9.17, 15) is 4.79 Å². The number of carbonyl (C=O) groups is 1. The third-order valence-electron chi connectivity index (χ3n) is 5.87. The lowest BCUT2D eigenvalue weighted by molar-refractivity contribution is -0.118. The Bertz CT molecular complexity index is 739. The maximum absolute atomic E-state index is 12.4. The number of anilines is 1. The van der Waals surface area contributed by atoms with Gasteiger partial charge in [0.25, 0.3) is 0 Å². The highest BCUT2D eigenvalue weighted by Gasteiger charge is 2.12. The topological polar surface area (TPSA) is 32.8 Å². The molecule has 1 heterocycles. The van der Waals surface area contributed by atoms with Crippen molar-refractivity contribution in [1.82, 2.24) is 4.90 Å². The van der Waals surface area contributed by atoms with Crippen LogP contribution in [0.3, 0.4) is 0 Å². The molecule has 162 valence electrons. The molecule has 3 rings (SSSR count). The van der Waals surface area contributed by atoms with Crippen LogP contribution in [0, 0.1) is 0 Å². The second kappa shape index (κ2) is 12.5. The minimum absolute atomic E-state index is 0.342. The number of aryl methyl sites for hydroxylation is 1. The first kappa shape index (κ1) is 22.5. The van der Waals surface area contributed by atoms with E-state index in [1.165, 1.54) is 17.7 Å². The van der Waals surface area contributed by atoms with Crippen molar-refractivity contribution in [3.05, 3.63) is 65.7 Å². The molecular weight excluding hydrogens is 372 g/mol. The Balaban J connectivity index is 1.33. The van der Waals surface area contributed by atoms with Gasteiger partial charge in [0.1, 0.15) is 5.78 Å². The highest BCUT2D eigenvalue weighted by molar-refractivity contribution is 5.80. The van der Waals surface area contributed by atoms with Crippen molar-refractivity contribution < 1.29 is 9.53 Å². The largest absolute Gasteiger partial charge is 0.378 e. The number of morpholine rings is 1. The zero-order chi connectivity index (χ0) is 21.0. The molecule has 4 heteroatoms. The van der Waals surface area contributed by atoms with Crippen LogP contribution in [-0.4, -0.2) is 56.6 Å². The third-order valence-corrected chi connectivity index (χ3v) is 5.87. The normalized spacial score (nSPS) is 14.3. The molecule has 2 aromatic rings. The molecule has 1 aliphatic rings. The van der Waals surface area contributed by atoms with E-state index in [2.05, 4.69) is 71.3 Å². The Morgan fingerprint density at radius 2 is 1.63 bits per heavy atom. The molecule has 1 aliphatic heterocycles. The number of carbonyl (C=O) groups excluding carboxylic acids is 1. The van der Waals surface area contributed by atoms with Gasteiger partial charge in [-0.15, -0.1) is 0 Å². The van der Waals surface area contributed by atoms with Crippen molar-refractivity contribution in [2.24, 2.45) is 0 Å². The molecule has 0 aliphatic carbocycles. The second-order valence-electron chi connectivity index (χ2n) is 8.11. The fourth-order valence-corrected chi connectivity index (χ4v) is 4.04. The summed E-state index contributed by atoms with van der Waals surface area (Å²) in [5.74, 6) is 0.342. The summed E-state index contributed by atoms with van der Waals surface area (Å²) in [4.78, 5) is 17.2. The molecule has 30 heavy (non-hydrogen) atoms. The zero-order valence-corrected chi connectivity index (χ0v) is 18.4. The molecule has 0 unspecified atom stereocenters. The first-order chi connectivity index (χ1) is 14.7. The van der Waals surface area contributed by atoms with E-state index in [0.717, 1.165) is 64.3 Å². The average Bonchev–Trinajstić information content (AvgIpc) is 2.80. The van der Waals surface area contributed by atoms with Gasteiger partial charge in [0.05, 0.1) is 13.2 Å². The van der Waals surface area contributed by atoms with Gasteiger partial charge in [0, 0.05) is 31.6 Å². The average molecular weight is 409 g/mol. The monoisotopic (exact) mass is 408 g/mol. The molecule has 0 aromatic heterocycles. The van der Waals surface area contributed by atoms with Gasteiger partial charge >= 0.3 is 0 Å². The molecule has 0 N–H and O–H groups in total. The van der Waals surface area contributed by atoms with E-state index in [1.807, 2.05) is 0 Å². The smallest absolute Gasteiger partial charge is 0.137 e. The summed E-state index contributed by atoms with van der Waals surface area (Å²) in [5, 5.41) is 0. The number of ether oxygens (including phenoxy) is 1. The van der Waals surface area contributed by atoms with Crippen LogP contribution < -0.4 is 4.90 Å². The summed E-state index contributed by atoms with van der Waals surface area (Å²) < 4.78 is 5.41. The maximum Gasteiger partial charge on any atom is 0.137 e. The fourth-order valence-electron chi connectivity index (χ4n) is 4.04. The van der Waals surface area contributed by atoms with Gasteiger partial charge in [-0.2, -0.15) is 0 Å². The molecule has 0 atom stereocenters. The summed E-state index contributed by atoms with van der Waals surface area (Å²) in [5.41, 5.74) is 3.75. The number of nitrogens with zero attached hydrogens (tertiary/aromatic N) is 2. The van der Waals surface area contributed by atoms with Crippen LogP contribution in [-0.2, 0) is 22.4 Å². The number of ketones is 1. The summed E-state index contributed by atoms with van der Waals surface area (Å²) in [6.45, 7) is 8.83. The van der Waals surface area contributed by atoms with Crippen LogP contribution >= 0.6 is 0 Å². The van der Waals surface area contributed by atoms with Gasteiger partial charge in [0.15, 0.2) is 0 Å². The van der Waals surface area contributed by atoms with E-state index >= 15 is 0 Å². The molecule has 0 radical (unpaired) electrons. The molecule has 1 fully saturated rings. The number of Topliss-reactive ketones (excluding diaryl/α,β-unsaturated/α-hetero) is 1. The Labute approximate surface area is 181 Å². The van der Waals surface area contributed by atoms with Gasteiger partial charge in [-0.05, 0) is 62.2 Å². The first-order valence-corrected chi connectivity index (χ1v) is 11.4. The van der Waals surface area contributed by atoms with Gasteiger partial charge in [-0.25, -0.2) is 0 Å². The number of hydrogen-bond acceptors (Lipinski definition) is 4. The van der Waals surface area contributed by atoms with Crippen LogP contribution in [0.15, 0.2) is 54.6 Å². The van der Waals surface area contributed by atoms with E-state index in [-0.39, 0.29) is 0 Å². The van der Waals surface area contributed by atoms with Crippen molar-refractivity contribution in [2.45, 2.75) is 39.0 Å². The van der Waals surface area contributed by atoms with E-state index in [4.69, 9.17) is 4.74 Å². The standard InChI is InChI=1S/C26H36N2O2/c1-2-27(16-6-10-23-8-4-3-5-9-23)17-7-11-26(29)22-24-12-14-25(15-13-24)28-18-20-30-21-19-28/h3-5,8-9,12-15H,2,6-7,10-11,16-22H2,1H3. The van der Waals surface area contributed by atoms with Crippen molar-refractivity contribution in [3.8, 4) is 0 Å². The van der Waals surface area contributed by atoms with Crippen LogP contribution in [0.5, 0.6) is 0 Å². The van der Waals surface area contributed by atoms with Crippen LogP contribution in [0.25, 0.3) is 0 Å². The highest BCUT2D eigenvalue weighted by atomic mass is 16.5. The molecule has 1 saturated heterocycles. The minimum Gasteiger partial charge on any atom is -0.378 e. The fraction of sp³-hybridized carbons (Fsp3) is 0.500. The maximum atomic E-state index is 12.4. The molecule has 0 amide bonds. The van der Waals surface area contributed by atoms with Crippen LogP contribution in [0.4, 0.5) is 5.69 Å². The molecule has 4 nitrogen and oxygen atoms in total. The van der Waals surface area contributed by atoms with Crippen molar-refractivity contribution in [3.63, 3.8) is 0 Å². The lowest BCUT2D eigenvalue weighted by atomic mass is 10.0. The minimum atomic E-state index is 0.342. The SMILES string of the molecule is CCN(CCCC(=O)Cc1ccc(N2CCOCC2)cc1)CCCc1ccccc1. The van der Waals surface area contributed by atoms with E-state index in [1.54, 1.807) is 0 Å². The van der Waals surface area contributed by atoms with Crippen molar-refractivity contribution in [1.29, 1.82) is 0 Å². The lowest BCUT2D eigenvalue weighted by Gasteiger charge is -2.28. The predicted molar refractivity (Wildman–Crippen MR) is 124 cm³/mol. The Hall–Kier alpha value is -2.17. The van der Waals surface area contributed by atoms with Gasteiger partial charge in [0.2, 0.25) is 0 Å². The summed E-state index contributed by atoms with van der Waals surface area (Å²) in [6.07, 6.45) is 4.45. The predicted octanol–water partition coefficient (Wildman–Crippen LogP) is 4.37. The van der Waals surface area contributed by atoms with Gasteiger partial charge in [-0.1, -0.05) is 49.4 Å². The summed E-state index contributed by atoms with van der Waals surface area (Å²) in [7, 11) is 0. The van der Waals surface area contributed by atoms with Crippen molar-refractivity contribution >= 4 is 11.5 Å². The third kappa shape index (κ3) is 7.58. The lowest BCUT2D eigenvalue weighted by Crippen LogP contribution is -2.36. The zero-order valence-electron chi connectivity index (χ0n) is 18.4. The molecule has 0 bridgehead atoms. The Kier molecular flexibility index (Phi) is 9.39. The van der Waals surface area contributed by atoms with Crippen LogP contribution in [0.2, 0.25) is 0 Å². The summed E-state index contributed by atoms with van der Waals surface area (Å²) >= 11 is 0. The molecule has 0 spiro atoms. The second-order valence-corrected chi connectivity index (χ2v) is 8.11. The Morgan fingerprint density at radius 3 is 2.33 bits per heavy atom. The first-order valence-electron chi connectivity index (χ1n) is 11.4. The van der Waals surface area contributed by atoms with Gasteiger partial charge < -0.3 is 14.5 Å². The molecular formula is C26H36N2O2. The number of hydrogen-bond donors (Lipinski definition) is 0. The van der Waals surface area contributed by atoms with E-state index < -0.39 is 0 Å². The van der Waals surface area contributed by atoms with Gasteiger partial charge in [-0.3, -0.25) is 4.79 Å². The highest BCUT2D eigenvalue weighted by Crippen LogP contribution is 2.17. The quantitative estimate of drug-likeness (QED) is 0.522.